The Labute approximate surface area is 165 Å². The third-order valence-corrected chi connectivity index (χ3v) is 5.58. The Morgan fingerprint density at radius 3 is 2.68 bits per heavy atom. The van der Waals surface area contributed by atoms with Crippen LogP contribution in [0.3, 0.4) is 0 Å². The van der Waals surface area contributed by atoms with Crippen LogP contribution in [0.4, 0.5) is 4.39 Å². The molecule has 0 radical (unpaired) electrons. The van der Waals surface area contributed by atoms with E-state index in [0.717, 1.165) is 50.2 Å². The molecule has 1 unspecified atom stereocenters. The molecule has 5 heteroatoms. The molecule has 1 aliphatic heterocycles. The normalized spacial score (nSPS) is 18.6. The average Bonchev–Trinajstić information content (AvgIpc) is 2.72. The van der Waals surface area contributed by atoms with Crippen LogP contribution >= 0.6 is 0 Å². The third-order valence-electron chi connectivity index (χ3n) is 5.58. The third kappa shape index (κ3) is 4.38. The van der Waals surface area contributed by atoms with E-state index in [1.54, 1.807) is 0 Å². The van der Waals surface area contributed by atoms with Crippen LogP contribution in [0.2, 0.25) is 0 Å². The summed E-state index contributed by atoms with van der Waals surface area (Å²) in [5.41, 5.74) is 3.43. The quantitative estimate of drug-likeness (QED) is 0.712. The van der Waals surface area contributed by atoms with Gasteiger partial charge in [-0.3, -0.25) is 14.8 Å². The topological polar surface area (TPSA) is 39.6 Å². The molecule has 1 N–H and O–H groups in total. The molecule has 3 aromatic rings. The van der Waals surface area contributed by atoms with E-state index in [1.165, 1.54) is 23.1 Å². The predicted molar refractivity (Wildman–Crippen MR) is 109 cm³/mol. The fourth-order valence-electron chi connectivity index (χ4n) is 4.10. The molecule has 0 spiro atoms. The number of benzene rings is 2. The van der Waals surface area contributed by atoms with Crippen LogP contribution in [-0.4, -0.2) is 52.2 Å². The maximum atomic E-state index is 13.2. The Bertz CT molecular complexity index is 910. The summed E-state index contributed by atoms with van der Waals surface area (Å²) in [6, 6.07) is 17.4. The Hall–Kier alpha value is -2.34. The SMILES string of the molecule is OCCC1CN(Cc2cccc3ncccc23)CCN1Cc1ccc(F)cc1. The molecule has 1 atom stereocenters. The van der Waals surface area contributed by atoms with Crippen molar-refractivity contribution in [1.29, 1.82) is 0 Å². The molecule has 0 amide bonds. The van der Waals surface area contributed by atoms with Gasteiger partial charge in [-0.1, -0.05) is 30.3 Å². The van der Waals surface area contributed by atoms with Gasteiger partial charge in [0, 0.05) is 57.0 Å². The summed E-state index contributed by atoms with van der Waals surface area (Å²) >= 11 is 0. The minimum absolute atomic E-state index is 0.177. The van der Waals surface area contributed by atoms with Gasteiger partial charge in [-0.25, -0.2) is 4.39 Å². The fourth-order valence-corrected chi connectivity index (χ4v) is 4.10. The second-order valence-corrected chi connectivity index (χ2v) is 7.49. The summed E-state index contributed by atoms with van der Waals surface area (Å²) in [5.74, 6) is -0.204. The van der Waals surface area contributed by atoms with Gasteiger partial charge in [0.25, 0.3) is 0 Å². The minimum Gasteiger partial charge on any atom is -0.396 e. The van der Waals surface area contributed by atoms with Crippen LogP contribution in [0, 0.1) is 5.82 Å². The number of hydrogen-bond donors (Lipinski definition) is 1. The highest BCUT2D eigenvalue weighted by atomic mass is 19.1. The largest absolute Gasteiger partial charge is 0.396 e. The van der Waals surface area contributed by atoms with Crippen molar-refractivity contribution in [1.82, 2.24) is 14.8 Å². The lowest BCUT2D eigenvalue weighted by atomic mass is 10.0. The first-order chi connectivity index (χ1) is 13.7. The first kappa shape index (κ1) is 19.0. The number of piperazine rings is 1. The first-order valence-corrected chi connectivity index (χ1v) is 9.87. The van der Waals surface area contributed by atoms with E-state index < -0.39 is 0 Å². The van der Waals surface area contributed by atoms with Crippen LogP contribution < -0.4 is 0 Å². The molecular formula is C23H26FN3O. The summed E-state index contributed by atoms with van der Waals surface area (Å²) in [4.78, 5) is 9.33. The van der Waals surface area contributed by atoms with Gasteiger partial charge in [0.15, 0.2) is 0 Å². The lowest BCUT2D eigenvalue weighted by Crippen LogP contribution is -2.52. The van der Waals surface area contributed by atoms with E-state index in [9.17, 15) is 9.50 Å². The highest BCUT2D eigenvalue weighted by Gasteiger charge is 2.27. The average molecular weight is 379 g/mol. The van der Waals surface area contributed by atoms with Crippen molar-refractivity contribution < 1.29 is 9.50 Å². The number of rotatable bonds is 6. The van der Waals surface area contributed by atoms with Gasteiger partial charge in [-0.15, -0.1) is 0 Å². The Balaban J connectivity index is 1.45. The second-order valence-electron chi connectivity index (χ2n) is 7.49. The number of aromatic nitrogens is 1. The minimum atomic E-state index is -0.204. The molecule has 4 nitrogen and oxygen atoms in total. The molecule has 1 aliphatic rings. The van der Waals surface area contributed by atoms with Gasteiger partial charge in [-0.05, 0) is 41.8 Å². The smallest absolute Gasteiger partial charge is 0.123 e. The van der Waals surface area contributed by atoms with Gasteiger partial charge in [0.1, 0.15) is 5.82 Å². The second kappa shape index (κ2) is 8.78. The van der Waals surface area contributed by atoms with Crippen molar-refractivity contribution >= 4 is 10.9 Å². The molecule has 0 aliphatic carbocycles. The molecule has 0 saturated carbocycles. The van der Waals surface area contributed by atoms with Gasteiger partial charge in [-0.2, -0.15) is 0 Å². The maximum Gasteiger partial charge on any atom is 0.123 e. The van der Waals surface area contributed by atoms with Gasteiger partial charge < -0.3 is 5.11 Å². The standard InChI is InChI=1S/C23H26FN3O/c24-20-8-6-18(7-9-20)15-27-13-12-26(17-21(27)10-14-28)16-19-3-1-5-23-22(19)4-2-11-25-23/h1-9,11,21,28H,10,12-17H2. The van der Waals surface area contributed by atoms with Crippen molar-refractivity contribution in [3.05, 3.63) is 77.7 Å². The Morgan fingerprint density at radius 2 is 1.86 bits per heavy atom. The number of aliphatic hydroxyl groups excluding tert-OH is 1. The maximum absolute atomic E-state index is 13.2. The first-order valence-electron chi connectivity index (χ1n) is 9.87. The van der Waals surface area contributed by atoms with Crippen LogP contribution in [0.1, 0.15) is 17.5 Å². The number of fused-ring (bicyclic) bond motifs is 1. The number of hydrogen-bond acceptors (Lipinski definition) is 4. The monoisotopic (exact) mass is 379 g/mol. The Morgan fingerprint density at radius 1 is 1.00 bits per heavy atom. The summed E-state index contributed by atoms with van der Waals surface area (Å²) < 4.78 is 13.2. The summed E-state index contributed by atoms with van der Waals surface area (Å²) in [6.45, 7) is 4.67. The number of halogens is 1. The van der Waals surface area contributed by atoms with Gasteiger partial charge in [0.05, 0.1) is 5.52 Å². The summed E-state index contributed by atoms with van der Waals surface area (Å²) in [5, 5.41) is 10.8. The van der Waals surface area contributed by atoms with Gasteiger partial charge >= 0.3 is 0 Å². The molecule has 146 valence electrons. The van der Waals surface area contributed by atoms with Crippen LogP contribution in [0.5, 0.6) is 0 Å². The zero-order valence-corrected chi connectivity index (χ0v) is 16.0. The molecule has 1 saturated heterocycles. The van der Waals surface area contributed by atoms with E-state index in [4.69, 9.17) is 0 Å². The molecule has 1 fully saturated rings. The number of nitrogens with zero attached hydrogens (tertiary/aromatic N) is 3. The van der Waals surface area contributed by atoms with Gasteiger partial charge in [0.2, 0.25) is 0 Å². The highest BCUT2D eigenvalue weighted by molar-refractivity contribution is 5.81. The predicted octanol–water partition coefficient (Wildman–Crippen LogP) is 3.44. The van der Waals surface area contributed by atoms with Crippen molar-refractivity contribution in [2.45, 2.75) is 25.6 Å². The van der Waals surface area contributed by atoms with E-state index in [2.05, 4.69) is 33.0 Å². The van der Waals surface area contributed by atoms with Crippen molar-refractivity contribution in [2.75, 3.05) is 26.2 Å². The number of pyridine rings is 1. The van der Waals surface area contributed by atoms with Crippen molar-refractivity contribution in [2.24, 2.45) is 0 Å². The molecular weight excluding hydrogens is 353 g/mol. The summed E-state index contributed by atoms with van der Waals surface area (Å²) in [7, 11) is 0. The van der Waals surface area contributed by atoms with E-state index in [1.807, 2.05) is 30.5 Å². The zero-order valence-electron chi connectivity index (χ0n) is 16.0. The Kier molecular flexibility index (Phi) is 5.95. The van der Waals surface area contributed by atoms with Crippen molar-refractivity contribution in [3.8, 4) is 0 Å². The van der Waals surface area contributed by atoms with E-state index in [0.29, 0.717) is 0 Å². The lowest BCUT2D eigenvalue weighted by molar-refractivity contribution is 0.0501. The van der Waals surface area contributed by atoms with Crippen LogP contribution in [0.15, 0.2) is 60.8 Å². The highest BCUT2D eigenvalue weighted by Crippen LogP contribution is 2.22. The lowest BCUT2D eigenvalue weighted by Gasteiger charge is -2.41. The van der Waals surface area contributed by atoms with Crippen molar-refractivity contribution in [3.63, 3.8) is 0 Å². The van der Waals surface area contributed by atoms with E-state index in [-0.39, 0.29) is 18.5 Å². The molecule has 1 aromatic heterocycles. The molecule has 0 bridgehead atoms. The summed E-state index contributed by atoms with van der Waals surface area (Å²) in [6.07, 6.45) is 2.58. The molecule has 28 heavy (non-hydrogen) atoms. The zero-order chi connectivity index (χ0) is 19.3. The fraction of sp³-hybridized carbons (Fsp3) is 0.348. The van der Waals surface area contributed by atoms with E-state index >= 15 is 0 Å². The van der Waals surface area contributed by atoms with Crippen LogP contribution in [0.25, 0.3) is 10.9 Å². The van der Waals surface area contributed by atoms with Crippen LogP contribution in [-0.2, 0) is 13.1 Å². The molecule has 2 heterocycles. The number of aliphatic hydroxyl groups is 1. The molecule has 2 aromatic carbocycles. The molecule has 4 rings (SSSR count).